The third kappa shape index (κ3) is 4.32. The molecule has 0 saturated carbocycles. The van der Waals surface area contributed by atoms with Crippen molar-refractivity contribution in [3.05, 3.63) is 102 Å². The van der Waals surface area contributed by atoms with Gasteiger partial charge < -0.3 is 5.32 Å². The van der Waals surface area contributed by atoms with E-state index in [1.807, 2.05) is 66.9 Å². The summed E-state index contributed by atoms with van der Waals surface area (Å²) in [5.74, 6) is 0.667. The normalized spacial score (nSPS) is 11.4. The zero-order valence-electron chi connectivity index (χ0n) is 15.4. The van der Waals surface area contributed by atoms with Gasteiger partial charge >= 0.3 is 6.18 Å². The number of aromatic nitrogens is 2. The molecule has 0 amide bonds. The van der Waals surface area contributed by atoms with Gasteiger partial charge in [-0.15, -0.1) is 5.10 Å². The predicted octanol–water partition coefficient (Wildman–Crippen LogP) is 6.17. The third-order valence-electron chi connectivity index (χ3n) is 4.56. The predicted molar refractivity (Wildman–Crippen MR) is 108 cm³/mol. The lowest BCUT2D eigenvalue weighted by Crippen LogP contribution is -2.06. The van der Waals surface area contributed by atoms with Gasteiger partial charge in [-0.05, 0) is 35.4 Å². The van der Waals surface area contributed by atoms with Crippen LogP contribution in [0.1, 0.15) is 11.1 Å². The Morgan fingerprint density at radius 3 is 2.03 bits per heavy atom. The van der Waals surface area contributed by atoms with Crippen LogP contribution in [0.25, 0.3) is 16.8 Å². The number of nitrogens with one attached hydrogen (secondary N) is 1. The Balaban J connectivity index is 1.61. The monoisotopic (exact) mass is 393 g/mol. The summed E-state index contributed by atoms with van der Waals surface area (Å²) in [7, 11) is 0. The van der Waals surface area contributed by atoms with Gasteiger partial charge in [0.1, 0.15) is 0 Å². The molecular weight excluding hydrogens is 375 g/mol. The Kier molecular flexibility index (Phi) is 5.08. The van der Waals surface area contributed by atoms with Crippen LogP contribution in [0.4, 0.5) is 19.0 Å². The molecule has 0 spiro atoms. The van der Waals surface area contributed by atoms with Crippen molar-refractivity contribution in [1.29, 1.82) is 0 Å². The van der Waals surface area contributed by atoms with Crippen LogP contribution in [0.3, 0.4) is 0 Å². The lowest BCUT2D eigenvalue weighted by atomic mass is 10.1. The second kappa shape index (κ2) is 7.83. The van der Waals surface area contributed by atoms with E-state index < -0.39 is 11.7 Å². The molecule has 1 N–H and O–H groups in total. The molecule has 0 bridgehead atoms. The summed E-state index contributed by atoms with van der Waals surface area (Å²) in [6, 6.07) is 24.7. The van der Waals surface area contributed by atoms with Gasteiger partial charge in [0.15, 0.2) is 5.82 Å². The summed E-state index contributed by atoms with van der Waals surface area (Å²) < 4.78 is 40.0. The number of anilines is 1. The van der Waals surface area contributed by atoms with E-state index in [1.165, 1.54) is 12.1 Å². The maximum Gasteiger partial charge on any atom is 0.416 e. The van der Waals surface area contributed by atoms with Gasteiger partial charge in [0.25, 0.3) is 0 Å². The standard InChI is InChI=1S/C23H18F3N3/c24-23(25,26)19-13-11-17(12-14-19)15-27-22-21(18-7-3-1-4-8-18)16-29(28-22)20-9-5-2-6-10-20/h1-14,16H,15H2,(H,27,28). The van der Waals surface area contributed by atoms with Gasteiger partial charge in [-0.1, -0.05) is 60.7 Å². The van der Waals surface area contributed by atoms with Crippen LogP contribution >= 0.6 is 0 Å². The number of nitrogens with zero attached hydrogens (tertiary/aromatic N) is 2. The summed E-state index contributed by atoms with van der Waals surface area (Å²) in [6.07, 6.45) is -2.39. The Hall–Kier alpha value is -3.54. The summed E-state index contributed by atoms with van der Waals surface area (Å²) in [6.45, 7) is 0.365. The number of benzene rings is 3. The fourth-order valence-corrected chi connectivity index (χ4v) is 3.04. The molecule has 0 radical (unpaired) electrons. The molecule has 3 nitrogen and oxygen atoms in total. The highest BCUT2D eigenvalue weighted by Crippen LogP contribution is 2.30. The van der Waals surface area contributed by atoms with Gasteiger partial charge in [-0.3, -0.25) is 0 Å². The fourth-order valence-electron chi connectivity index (χ4n) is 3.04. The number of halogens is 3. The largest absolute Gasteiger partial charge is 0.416 e. The minimum Gasteiger partial charge on any atom is -0.364 e. The lowest BCUT2D eigenvalue weighted by Gasteiger charge is -2.09. The molecule has 0 atom stereocenters. The Bertz CT molecular complexity index is 1070. The second-order valence-electron chi connectivity index (χ2n) is 6.59. The molecule has 0 fully saturated rings. The Morgan fingerprint density at radius 1 is 0.793 bits per heavy atom. The second-order valence-corrected chi connectivity index (χ2v) is 6.59. The van der Waals surface area contributed by atoms with Gasteiger partial charge in [-0.2, -0.15) is 13.2 Å². The molecule has 0 aliphatic rings. The van der Waals surface area contributed by atoms with E-state index in [2.05, 4.69) is 10.4 Å². The average molecular weight is 393 g/mol. The molecule has 0 aliphatic heterocycles. The van der Waals surface area contributed by atoms with Crippen molar-refractivity contribution in [2.24, 2.45) is 0 Å². The van der Waals surface area contributed by atoms with Gasteiger partial charge in [-0.25, -0.2) is 4.68 Å². The van der Waals surface area contributed by atoms with Crippen molar-refractivity contribution in [1.82, 2.24) is 9.78 Å². The van der Waals surface area contributed by atoms with Crippen LogP contribution in [0.5, 0.6) is 0 Å². The first-order valence-electron chi connectivity index (χ1n) is 9.11. The van der Waals surface area contributed by atoms with Crippen LogP contribution in [-0.2, 0) is 12.7 Å². The zero-order valence-corrected chi connectivity index (χ0v) is 15.4. The zero-order chi connectivity index (χ0) is 20.3. The smallest absolute Gasteiger partial charge is 0.364 e. The molecule has 0 unspecified atom stereocenters. The van der Waals surface area contributed by atoms with Gasteiger partial charge in [0.05, 0.1) is 11.3 Å². The summed E-state index contributed by atoms with van der Waals surface area (Å²) in [5, 5.41) is 7.92. The first-order valence-corrected chi connectivity index (χ1v) is 9.11. The maximum absolute atomic E-state index is 12.7. The van der Waals surface area contributed by atoms with Gasteiger partial charge in [0.2, 0.25) is 0 Å². The average Bonchev–Trinajstić information content (AvgIpc) is 3.17. The number of hydrogen-bond acceptors (Lipinski definition) is 2. The van der Waals surface area contributed by atoms with E-state index in [9.17, 15) is 13.2 Å². The molecule has 3 aromatic carbocycles. The number of hydrogen-bond donors (Lipinski definition) is 1. The molecule has 0 aliphatic carbocycles. The summed E-state index contributed by atoms with van der Waals surface area (Å²) >= 11 is 0. The van der Waals surface area contributed by atoms with Crippen molar-refractivity contribution in [2.45, 2.75) is 12.7 Å². The van der Waals surface area contributed by atoms with Crippen molar-refractivity contribution in [3.63, 3.8) is 0 Å². The quantitative estimate of drug-likeness (QED) is 0.439. The topological polar surface area (TPSA) is 29.9 Å². The maximum atomic E-state index is 12.7. The van der Waals surface area contributed by atoms with Gasteiger partial charge in [0, 0.05) is 18.3 Å². The Morgan fingerprint density at radius 2 is 1.41 bits per heavy atom. The van der Waals surface area contributed by atoms with Crippen LogP contribution in [0, 0.1) is 0 Å². The van der Waals surface area contributed by atoms with Crippen molar-refractivity contribution < 1.29 is 13.2 Å². The molecule has 1 heterocycles. The summed E-state index contributed by atoms with van der Waals surface area (Å²) in [4.78, 5) is 0. The SMILES string of the molecule is FC(F)(F)c1ccc(CNc2nn(-c3ccccc3)cc2-c2ccccc2)cc1. The van der Waals surface area contributed by atoms with Crippen molar-refractivity contribution in [2.75, 3.05) is 5.32 Å². The van der Waals surface area contributed by atoms with E-state index in [0.29, 0.717) is 12.4 Å². The van der Waals surface area contributed by atoms with E-state index in [4.69, 9.17) is 0 Å². The molecule has 29 heavy (non-hydrogen) atoms. The highest BCUT2D eigenvalue weighted by atomic mass is 19.4. The molecule has 0 saturated heterocycles. The van der Waals surface area contributed by atoms with Crippen LogP contribution < -0.4 is 5.32 Å². The van der Waals surface area contributed by atoms with Crippen LogP contribution in [0.2, 0.25) is 0 Å². The van der Waals surface area contributed by atoms with Crippen LogP contribution in [0.15, 0.2) is 91.1 Å². The summed E-state index contributed by atoms with van der Waals surface area (Å²) in [5.41, 5.74) is 2.93. The number of alkyl halides is 3. The first-order chi connectivity index (χ1) is 14.0. The van der Waals surface area contributed by atoms with Crippen molar-refractivity contribution >= 4 is 5.82 Å². The minimum absolute atomic E-state index is 0.365. The molecular formula is C23H18F3N3. The van der Waals surface area contributed by atoms with E-state index in [-0.39, 0.29) is 0 Å². The fraction of sp³-hybridized carbons (Fsp3) is 0.0870. The third-order valence-corrected chi connectivity index (χ3v) is 4.56. The molecule has 146 valence electrons. The van der Waals surface area contributed by atoms with Crippen LogP contribution in [-0.4, -0.2) is 9.78 Å². The van der Waals surface area contributed by atoms with Crippen molar-refractivity contribution in [3.8, 4) is 16.8 Å². The number of para-hydroxylation sites is 1. The molecule has 4 aromatic rings. The highest BCUT2D eigenvalue weighted by molar-refractivity contribution is 5.75. The Labute approximate surface area is 166 Å². The molecule has 4 rings (SSSR count). The molecule has 1 aromatic heterocycles. The lowest BCUT2D eigenvalue weighted by molar-refractivity contribution is -0.137. The number of rotatable bonds is 5. The van der Waals surface area contributed by atoms with E-state index in [0.717, 1.165) is 34.5 Å². The highest BCUT2D eigenvalue weighted by Gasteiger charge is 2.29. The van der Waals surface area contributed by atoms with E-state index >= 15 is 0 Å². The minimum atomic E-state index is -4.33. The molecule has 6 heteroatoms. The first kappa shape index (κ1) is 18.8. The van der Waals surface area contributed by atoms with E-state index in [1.54, 1.807) is 4.68 Å².